The van der Waals surface area contributed by atoms with Crippen LogP contribution in [0.2, 0.25) is 0 Å². The summed E-state index contributed by atoms with van der Waals surface area (Å²) in [6.45, 7) is 6.72. The Labute approximate surface area is 167 Å². The van der Waals surface area contributed by atoms with Crippen molar-refractivity contribution in [2.45, 2.75) is 32.5 Å². The average molecular weight is 386 g/mol. The van der Waals surface area contributed by atoms with Crippen molar-refractivity contribution >= 4 is 0 Å². The molecule has 1 aliphatic rings. The Morgan fingerprint density at radius 1 is 1.11 bits per heavy atom. The summed E-state index contributed by atoms with van der Waals surface area (Å²) in [7, 11) is 3.36. The molecule has 0 amide bonds. The molecule has 0 spiro atoms. The number of aliphatic hydroxyl groups is 1. The molecule has 28 heavy (non-hydrogen) atoms. The molecule has 1 aromatic carbocycles. The summed E-state index contributed by atoms with van der Waals surface area (Å²) in [5.41, 5.74) is 3.29. The van der Waals surface area contributed by atoms with Crippen LogP contribution in [0.5, 0.6) is 11.5 Å². The predicted octanol–water partition coefficient (Wildman–Crippen LogP) is 2.48. The van der Waals surface area contributed by atoms with Crippen molar-refractivity contribution in [1.82, 2.24) is 14.8 Å². The van der Waals surface area contributed by atoms with Gasteiger partial charge >= 0.3 is 0 Å². The van der Waals surface area contributed by atoms with Crippen molar-refractivity contribution in [2.75, 3.05) is 40.5 Å². The zero-order chi connectivity index (χ0) is 19.9. The molecule has 0 saturated carbocycles. The fraction of sp³-hybridized carbons (Fsp3) is 0.500. The minimum Gasteiger partial charge on any atom is -0.497 e. The Kier molecular flexibility index (Phi) is 7.25. The summed E-state index contributed by atoms with van der Waals surface area (Å²) in [4.78, 5) is 9.52. The highest BCUT2D eigenvalue weighted by molar-refractivity contribution is 5.40. The van der Waals surface area contributed by atoms with Gasteiger partial charge in [0, 0.05) is 62.7 Å². The van der Waals surface area contributed by atoms with E-state index in [0.717, 1.165) is 67.6 Å². The van der Waals surface area contributed by atoms with Crippen molar-refractivity contribution in [3.05, 3.63) is 53.3 Å². The first kappa shape index (κ1) is 20.6. The third kappa shape index (κ3) is 5.22. The maximum absolute atomic E-state index is 9.57. The van der Waals surface area contributed by atoms with Gasteiger partial charge in [0.2, 0.25) is 0 Å². The van der Waals surface area contributed by atoms with E-state index in [2.05, 4.69) is 33.0 Å². The molecule has 152 valence electrons. The van der Waals surface area contributed by atoms with Crippen LogP contribution in [0.25, 0.3) is 0 Å². The maximum Gasteiger partial charge on any atom is 0.127 e. The van der Waals surface area contributed by atoms with E-state index >= 15 is 0 Å². The van der Waals surface area contributed by atoms with Gasteiger partial charge in [-0.3, -0.25) is 14.8 Å². The highest BCUT2D eigenvalue weighted by Gasteiger charge is 2.27. The number of aliphatic hydroxyl groups excluding tert-OH is 1. The van der Waals surface area contributed by atoms with E-state index in [0.29, 0.717) is 6.04 Å². The van der Waals surface area contributed by atoms with Gasteiger partial charge in [-0.05, 0) is 31.5 Å². The van der Waals surface area contributed by atoms with Gasteiger partial charge in [-0.15, -0.1) is 0 Å². The Morgan fingerprint density at radius 2 is 1.96 bits per heavy atom. The monoisotopic (exact) mass is 385 g/mol. The van der Waals surface area contributed by atoms with E-state index in [9.17, 15) is 5.11 Å². The number of aromatic nitrogens is 1. The second-order valence-electron chi connectivity index (χ2n) is 7.32. The van der Waals surface area contributed by atoms with E-state index in [1.165, 1.54) is 0 Å². The summed E-state index contributed by atoms with van der Waals surface area (Å²) in [6.07, 6.45) is 0.766. The number of benzene rings is 1. The van der Waals surface area contributed by atoms with Gasteiger partial charge in [-0.25, -0.2) is 0 Å². The summed E-state index contributed by atoms with van der Waals surface area (Å²) in [6, 6.07) is 12.5. The largest absolute Gasteiger partial charge is 0.497 e. The van der Waals surface area contributed by atoms with E-state index in [1.54, 1.807) is 14.2 Å². The van der Waals surface area contributed by atoms with Crippen molar-refractivity contribution in [2.24, 2.45) is 0 Å². The molecule has 1 N–H and O–H groups in total. The van der Waals surface area contributed by atoms with Crippen LogP contribution in [0.1, 0.15) is 23.4 Å². The van der Waals surface area contributed by atoms with Crippen LogP contribution in [0.4, 0.5) is 0 Å². The minimum atomic E-state index is 0.197. The molecule has 1 aromatic heterocycles. The molecule has 6 heteroatoms. The number of ether oxygens (including phenoxy) is 2. The van der Waals surface area contributed by atoms with Crippen LogP contribution in [0.3, 0.4) is 0 Å². The van der Waals surface area contributed by atoms with Crippen molar-refractivity contribution in [3.8, 4) is 11.5 Å². The number of pyridine rings is 1. The standard InChI is InChI=1S/C22H31N3O3/c1-17-5-4-6-19(23-17)15-25-11-10-24(16-20(25)9-12-26)14-18-7-8-21(27-2)13-22(18)28-3/h4-8,13,20,26H,9-12,14-16H2,1-3H3. The molecule has 2 heterocycles. The van der Waals surface area contributed by atoms with Gasteiger partial charge in [0.1, 0.15) is 11.5 Å². The number of rotatable bonds is 8. The van der Waals surface area contributed by atoms with Crippen molar-refractivity contribution < 1.29 is 14.6 Å². The third-order valence-electron chi connectivity index (χ3n) is 5.35. The quantitative estimate of drug-likeness (QED) is 0.753. The molecule has 1 aliphatic heterocycles. The van der Waals surface area contributed by atoms with E-state index < -0.39 is 0 Å². The normalized spacial score (nSPS) is 18.2. The lowest BCUT2D eigenvalue weighted by Crippen LogP contribution is -2.52. The van der Waals surface area contributed by atoms with Crippen LogP contribution in [-0.2, 0) is 13.1 Å². The topological polar surface area (TPSA) is 58.1 Å². The number of methoxy groups -OCH3 is 2. The molecule has 1 saturated heterocycles. The van der Waals surface area contributed by atoms with E-state index in [4.69, 9.17) is 9.47 Å². The van der Waals surface area contributed by atoms with Gasteiger partial charge in [-0.1, -0.05) is 12.1 Å². The van der Waals surface area contributed by atoms with Crippen LogP contribution >= 0.6 is 0 Å². The first-order valence-electron chi connectivity index (χ1n) is 9.83. The molecule has 0 radical (unpaired) electrons. The molecule has 6 nitrogen and oxygen atoms in total. The molecule has 2 aromatic rings. The fourth-order valence-electron chi connectivity index (χ4n) is 3.85. The van der Waals surface area contributed by atoms with Gasteiger partial charge in [0.15, 0.2) is 0 Å². The highest BCUT2D eigenvalue weighted by Crippen LogP contribution is 2.27. The van der Waals surface area contributed by atoms with Gasteiger partial charge in [-0.2, -0.15) is 0 Å². The minimum absolute atomic E-state index is 0.197. The predicted molar refractivity (Wildman–Crippen MR) is 110 cm³/mol. The number of nitrogens with zero attached hydrogens (tertiary/aromatic N) is 3. The molecule has 1 atom stereocenters. The highest BCUT2D eigenvalue weighted by atomic mass is 16.5. The van der Waals surface area contributed by atoms with E-state index in [1.807, 2.05) is 25.1 Å². The number of hydrogen-bond acceptors (Lipinski definition) is 6. The zero-order valence-corrected chi connectivity index (χ0v) is 17.1. The van der Waals surface area contributed by atoms with Crippen LogP contribution in [-0.4, -0.2) is 66.4 Å². The molecular weight excluding hydrogens is 354 g/mol. The van der Waals surface area contributed by atoms with Crippen molar-refractivity contribution in [1.29, 1.82) is 0 Å². The Hall–Kier alpha value is -2.15. The number of piperazine rings is 1. The number of aryl methyl sites for hydroxylation is 1. The summed E-state index contributed by atoms with van der Waals surface area (Å²) in [5.74, 6) is 1.65. The first-order chi connectivity index (χ1) is 13.6. The summed E-state index contributed by atoms with van der Waals surface area (Å²) < 4.78 is 10.8. The Balaban J connectivity index is 1.67. The average Bonchev–Trinajstić information content (AvgIpc) is 2.70. The third-order valence-corrected chi connectivity index (χ3v) is 5.35. The zero-order valence-electron chi connectivity index (χ0n) is 17.1. The van der Waals surface area contributed by atoms with Gasteiger partial charge in [0.25, 0.3) is 0 Å². The molecule has 1 unspecified atom stereocenters. The summed E-state index contributed by atoms with van der Waals surface area (Å²) >= 11 is 0. The van der Waals surface area contributed by atoms with E-state index in [-0.39, 0.29) is 6.61 Å². The Morgan fingerprint density at radius 3 is 2.68 bits per heavy atom. The lowest BCUT2D eigenvalue weighted by atomic mass is 10.1. The fourth-order valence-corrected chi connectivity index (χ4v) is 3.85. The smallest absolute Gasteiger partial charge is 0.127 e. The second kappa shape index (κ2) is 9.87. The van der Waals surface area contributed by atoms with Crippen LogP contribution in [0, 0.1) is 6.92 Å². The second-order valence-corrected chi connectivity index (χ2v) is 7.32. The maximum atomic E-state index is 9.57. The molecule has 0 aliphatic carbocycles. The Bertz CT molecular complexity index is 768. The van der Waals surface area contributed by atoms with Crippen LogP contribution in [0.15, 0.2) is 36.4 Å². The molecular formula is C22H31N3O3. The molecule has 0 bridgehead atoms. The van der Waals surface area contributed by atoms with Crippen molar-refractivity contribution in [3.63, 3.8) is 0 Å². The van der Waals surface area contributed by atoms with Crippen LogP contribution < -0.4 is 9.47 Å². The molecule has 1 fully saturated rings. The lowest BCUT2D eigenvalue weighted by Gasteiger charge is -2.41. The SMILES string of the molecule is COc1ccc(CN2CCN(Cc3cccc(C)n3)C(CCO)C2)c(OC)c1. The first-order valence-corrected chi connectivity index (χ1v) is 9.83. The van der Waals surface area contributed by atoms with Gasteiger partial charge in [0.05, 0.1) is 19.9 Å². The number of hydrogen-bond donors (Lipinski definition) is 1. The molecule has 3 rings (SSSR count). The lowest BCUT2D eigenvalue weighted by molar-refractivity contribution is 0.0488. The summed E-state index contributed by atoms with van der Waals surface area (Å²) in [5, 5.41) is 9.57. The van der Waals surface area contributed by atoms with Gasteiger partial charge < -0.3 is 14.6 Å².